The Kier molecular flexibility index (Phi) is 7.10. The molecule has 0 unspecified atom stereocenters. The number of carbonyl (C=O) groups excluding carboxylic acids is 3. The number of amides is 2. The predicted molar refractivity (Wildman–Crippen MR) is 101 cm³/mol. The van der Waals surface area contributed by atoms with Crippen LogP contribution < -0.4 is 9.47 Å². The minimum atomic E-state index is -0.517. The summed E-state index contributed by atoms with van der Waals surface area (Å²) in [7, 11) is 2.74. The van der Waals surface area contributed by atoms with E-state index in [0.717, 1.165) is 11.8 Å². The molecule has 1 heterocycles. The van der Waals surface area contributed by atoms with Gasteiger partial charge < -0.3 is 14.2 Å². The lowest BCUT2D eigenvalue weighted by atomic mass is 10.2. The van der Waals surface area contributed by atoms with Crippen LogP contribution in [0.1, 0.15) is 18.9 Å². The Hall–Kier alpha value is -2.00. The van der Waals surface area contributed by atoms with Gasteiger partial charge in [-0.05, 0) is 42.0 Å². The van der Waals surface area contributed by atoms with Crippen molar-refractivity contribution in [1.82, 2.24) is 4.90 Å². The van der Waals surface area contributed by atoms with Crippen LogP contribution >= 0.6 is 27.7 Å². The number of esters is 1. The van der Waals surface area contributed by atoms with Gasteiger partial charge in [0.25, 0.3) is 11.1 Å². The maximum atomic E-state index is 12.3. The summed E-state index contributed by atoms with van der Waals surface area (Å²) in [5.74, 6) is -0.0901. The molecule has 1 fully saturated rings. The van der Waals surface area contributed by atoms with E-state index in [-0.39, 0.29) is 17.8 Å². The number of hydrogen-bond donors (Lipinski definition) is 0. The maximum absolute atomic E-state index is 12.3. The number of methoxy groups -OCH3 is 2. The molecule has 1 aromatic rings. The second-order valence-corrected chi connectivity index (χ2v) is 7.07. The third kappa shape index (κ3) is 4.59. The van der Waals surface area contributed by atoms with Gasteiger partial charge in [0, 0.05) is 11.0 Å². The summed E-state index contributed by atoms with van der Waals surface area (Å²) in [6, 6.07) is 3.29. The highest BCUT2D eigenvalue weighted by molar-refractivity contribution is 9.10. The van der Waals surface area contributed by atoms with Gasteiger partial charge in [0.05, 0.1) is 19.1 Å². The number of imide groups is 1. The molecule has 0 bridgehead atoms. The zero-order valence-corrected chi connectivity index (χ0v) is 16.9. The molecule has 2 amide bonds. The molecule has 1 aliphatic heterocycles. The van der Waals surface area contributed by atoms with Gasteiger partial charge in [0.2, 0.25) is 0 Å². The minimum absolute atomic E-state index is 0.255. The number of carbonyl (C=O) groups is 3. The first-order valence-corrected chi connectivity index (χ1v) is 9.34. The standard InChI is InChI=1S/C17H18BrNO6S/c1-4-5-19-16(21)14(26-17(19)22)7-10-6-12(23-2)13(8-11(10)18)25-9-15(20)24-3/h6-8H,4-5,9H2,1-3H3/b14-7+. The first kappa shape index (κ1) is 20.3. The summed E-state index contributed by atoms with van der Waals surface area (Å²) in [5.41, 5.74) is 0.647. The number of hydrogen-bond acceptors (Lipinski definition) is 7. The van der Waals surface area contributed by atoms with Crippen molar-refractivity contribution in [2.75, 3.05) is 27.4 Å². The molecule has 2 rings (SSSR count). The highest BCUT2D eigenvalue weighted by atomic mass is 79.9. The Bertz CT molecular complexity index is 764. The average Bonchev–Trinajstić information content (AvgIpc) is 2.89. The molecule has 0 aromatic heterocycles. The van der Waals surface area contributed by atoms with Crippen LogP contribution in [0.2, 0.25) is 0 Å². The lowest BCUT2D eigenvalue weighted by Gasteiger charge is -2.12. The first-order valence-electron chi connectivity index (χ1n) is 7.73. The summed E-state index contributed by atoms with van der Waals surface area (Å²) in [5, 5.41) is -0.274. The fourth-order valence-electron chi connectivity index (χ4n) is 2.19. The number of nitrogens with zero attached hydrogens (tertiary/aromatic N) is 1. The zero-order valence-electron chi connectivity index (χ0n) is 14.5. The van der Waals surface area contributed by atoms with Gasteiger partial charge in [-0.3, -0.25) is 14.5 Å². The SMILES string of the molecule is CCCN1C(=O)S/C(=C/c2cc(OC)c(OCC(=O)OC)cc2Br)C1=O. The van der Waals surface area contributed by atoms with Crippen LogP contribution in [-0.2, 0) is 14.3 Å². The molecule has 9 heteroatoms. The van der Waals surface area contributed by atoms with Crippen LogP contribution in [0.15, 0.2) is 21.5 Å². The van der Waals surface area contributed by atoms with E-state index < -0.39 is 5.97 Å². The summed E-state index contributed by atoms with van der Waals surface area (Å²) < 4.78 is 15.8. The third-order valence-corrected chi connectivity index (χ3v) is 5.06. The largest absolute Gasteiger partial charge is 0.493 e. The smallest absolute Gasteiger partial charge is 0.343 e. The van der Waals surface area contributed by atoms with E-state index in [1.165, 1.54) is 19.1 Å². The van der Waals surface area contributed by atoms with E-state index >= 15 is 0 Å². The van der Waals surface area contributed by atoms with E-state index in [0.29, 0.717) is 39.4 Å². The number of benzene rings is 1. The lowest BCUT2D eigenvalue weighted by Crippen LogP contribution is -2.28. The quantitative estimate of drug-likeness (QED) is 0.471. The van der Waals surface area contributed by atoms with E-state index in [4.69, 9.17) is 9.47 Å². The van der Waals surface area contributed by atoms with Crippen LogP contribution in [0.3, 0.4) is 0 Å². The number of halogens is 1. The molecule has 0 atom stereocenters. The van der Waals surface area contributed by atoms with E-state index in [1.54, 1.807) is 18.2 Å². The molecule has 26 heavy (non-hydrogen) atoms. The summed E-state index contributed by atoms with van der Waals surface area (Å²) in [4.78, 5) is 37.1. The van der Waals surface area contributed by atoms with Crippen molar-refractivity contribution < 1.29 is 28.6 Å². The number of ether oxygens (including phenoxy) is 3. The van der Waals surface area contributed by atoms with Crippen LogP contribution in [0.5, 0.6) is 11.5 Å². The van der Waals surface area contributed by atoms with E-state index in [1.807, 2.05) is 6.92 Å². The molecular weight excluding hydrogens is 426 g/mol. The third-order valence-electron chi connectivity index (χ3n) is 3.46. The predicted octanol–water partition coefficient (Wildman–Crippen LogP) is 3.46. The maximum Gasteiger partial charge on any atom is 0.343 e. The van der Waals surface area contributed by atoms with Crippen molar-refractivity contribution in [2.45, 2.75) is 13.3 Å². The topological polar surface area (TPSA) is 82.1 Å². The van der Waals surface area contributed by atoms with Gasteiger partial charge >= 0.3 is 5.97 Å². The van der Waals surface area contributed by atoms with Crippen LogP contribution in [0.25, 0.3) is 6.08 Å². The molecule has 0 aliphatic carbocycles. The first-order chi connectivity index (χ1) is 12.4. The normalized spacial score (nSPS) is 15.5. The van der Waals surface area contributed by atoms with Gasteiger partial charge in [-0.2, -0.15) is 0 Å². The Labute approximate surface area is 163 Å². The Morgan fingerprint density at radius 1 is 1.27 bits per heavy atom. The Morgan fingerprint density at radius 3 is 2.62 bits per heavy atom. The fourth-order valence-corrected chi connectivity index (χ4v) is 3.48. The molecule has 1 aliphatic rings. The number of thioether (sulfide) groups is 1. The molecule has 1 saturated heterocycles. The highest BCUT2D eigenvalue weighted by Gasteiger charge is 2.34. The summed E-state index contributed by atoms with van der Waals surface area (Å²) in [6.07, 6.45) is 2.33. The Morgan fingerprint density at radius 2 is 2.00 bits per heavy atom. The lowest BCUT2D eigenvalue weighted by molar-refractivity contribution is -0.142. The Balaban J connectivity index is 2.29. The van der Waals surface area contributed by atoms with Gasteiger partial charge in [0.15, 0.2) is 18.1 Å². The molecule has 0 N–H and O–H groups in total. The molecule has 0 radical (unpaired) electrons. The van der Waals surface area contributed by atoms with Crippen LogP contribution in [0.4, 0.5) is 4.79 Å². The second-order valence-electron chi connectivity index (χ2n) is 5.22. The molecule has 140 valence electrons. The van der Waals surface area contributed by atoms with E-state index in [9.17, 15) is 14.4 Å². The summed E-state index contributed by atoms with van der Waals surface area (Å²) in [6.45, 7) is 2.04. The molecule has 0 spiro atoms. The van der Waals surface area contributed by atoms with Crippen molar-refractivity contribution in [3.8, 4) is 11.5 Å². The second kappa shape index (κ2) is 9.09. The van der Waals surface area contributed by atoms with Crippen molar-refractivity contribution in [3.63, 3.8) is 0 Å². The van der Waals surface area contributed by atoms with Crippen molar-refractivity contribution in [3.05, 3.63) is 27.1 Å². The van der Waals surface area contributed by atoms with Gasteiger partial charge in [-0.1, -0.05) is 22.9 Å². The molecule has 0 saturated carbocycles. The van der Waals surface area contributed by atoms with Gasteiger partial charge in [0.1, 0.15) is 0 Å². The summed E-state index contributed by atoms with van der Waals surface area (Å²) >= 11 is 4.31. The van der Waals surface area contributed by atoms with E-state index in [2.05, 4.69) is 20.7 Å². The highest BCUT2D eigenvalue weighted by Crippen LogP contribution is 2.38. The molecular formula is C17H18BrNO6S. The van der Waals surface area contributed by atoms with Crippen LogP contribution in [-0.4, -0.2) is 49.4 Å². The molecule has 1 aromatic carbocycles. The number of rotatable bonds is 7. The van der Waals surface area contributed by atoms with Crippen molar-refractivity contribution in [1.29, 1.82) is 0 Å². The average molecular weight is 444 g/mol. The zero-order chi connectivity index (χ0) is 19.3. The fraction of sp³-hybridized carbons (Fsp3) is 0.353. The monoisotopic (exact) mass is 443 g/mol. The van der Waals surface area contributed by atoms with Crippen LogP contribution in [0, 0.1) is 0 Å². The molecule has 7 nitrogen and oxygen atoms in total. The van der Waals surface area contributed by atoms with Gasteiger partial charge in [-0.25, -0.2) is 4.79 Å². The van der Waals surface area contributed by atoms with Gasteiger partial charge in [-0.15, -0.1) is 0 Å². The van der Waals surface area contributed by atoms with Crippen molar-refractivity contribution in [2.24, 2.45) is 0 Å². The van der Waals surface area contributed by atoms with Crippen molar-refractivity contribution >= 4 is 50.9 Å². The minimum Gasteiger partial charge on any atom is -0.493 e.